The molecule has 2 atom stereocenters. The van der Waals surface area contributed by atoms with Crippen LogP contribution in [0.3, 0.4) is 0 Å². The molecule has 1 N–H and O–H groups in total. The highest BCUT2D eigenvalue weighted by molar-refractivity contribution is 6.34. The molecule has 2 aliphatic rings. The monoisotopic (exact) mass is 537 g/mol. The van der Waals surface area contributed by atoms with E-state index < -0.39 is 5.91 Å². The molecule has 2 amide bonds. The molecule has 9 heteroatoms. The van der Waals surface area contributed by atoms with E-state index in [2.05, 4.69) is 5.32 Å². The third kappa shape index (κ3) is 5.29. The predicted octanol–water partition coefficient (Wildman–Crippen LogP) is 4.58. The number of ether oxygens (including phenoxy) is 1. The molecule has 1 saturated heterocycles. The van der Waals surface area contributed by atoms with Crippen LogP contribution in [0.15, 0.2) is 71.2 Å². The number of piperidine rings is 1. The van der Waals surface area contributed by atoms with Crippen molar-refractivity contribution in [2.24, 2.45) is 5.92 Å². The lowest BCUT2D eigenvalue weighted by Gasteiger charge is -2.43. The quantitative estimate of drug-likeness (QED) is 0.483. The summed E-state index contributed by atoms with van der Waals surface area (Å²) in [5, 5.41) is 3.50. The number of rotatable bonds is 5. The van der Waals surface area contributed by atoms with Gasteiger partial charge in [0, 0.05) is 42.3 Å². The largest absolute Gasteiger partial charge is 0.497 e. The molecule has 0 unspecified atom stereocenters. The van der Waals surface area contributed by atoms with E-state index >= 15 is 0 Å². The number of pyridine rings is 1. The third-order valence-electron chi connectivity index (χ3n) is 6.83. The first kappa shape index (κ1) is 25.1. The van der Waals surface area contributed by atoms with Crippen molar-refractivity contribution in [2.75, 3.05) is 20.2 Å². The number of hydrogen-bond donors (Lipinski definition) is 1. The Bertz CT molecular complexity index is 1470. The van der Waals surface area contributed by atoms with E-state index in [1.807, 2.05) is 10.6 Å². The number of hydrogen-bond acceptors (Lipinski definition) is 4. The number of fused-ring (bicyclic) bond motifs is 4. The van der Waals surface area contributed by atoms with Crippen LogP contribution in [0.25, 0.3) is 6.08 Å². The summed E-state index contributed by atoms with van der Waals surface area (Å²) in [6.45, 7) is 1.50. The fraction of sp³-hybridized carbons (Fsp3) is 0.250. The van der Waals surface area contributed by atoms with Gasteiger partial charge in [0.15, 0.2) is 0 Å². The fourth-order valence-electron chi connectivity index (χ4n) is 5.14. The van der Waals surface area contributed by atoms with Crippen LogP contribution in [0, 0.1) is 5.92 Å². The topological polar surface area (TPSA) is 80.6 Å². The summed E-state index contributed by atoms with van der Waals surface area (Å²) >= 11 is 12.5. The Kier molecular flexibility index (Phi) is 7.09. The Labute approximate surface area is 224 Å². The fourth-order valence-corrected chi connectivity index (χ4v) is 5.60. The van der Waals surface area contributed by atoms with Gasteiger partial charge in [0.2, 0.25) is 0 Å². The van der Waals surface area contributed by atoms with Gasteiger partial charge in [-0.25, -0.2) is 0 Å². The minimum Gasteiger partial charge on any atom is -0.497 e. The van der Waals surface area contributed by atoms with Gasteiger partial charge in [0.05, 0.1) is 17.7 Å². The van der Waals surface area contributed by atoms with Crippen LogP contribution in [0.2, 0.25) is 10.0 Å². The summed E-state index contributed by atoms with van der Waals surface area (Å²) in [5.74, 6) is -0.103. The molecular formula is C28H25Cl2N3O4. The SMILES string of the molecule is COc1ccc(C(=O)N/C(=C\c2cccc(Cl)c2)C(=O)N2C[C@H]3C[C@@H](C2)c2cccc(=O)n2C3)c(Cl)c1. The van der Waals surface area contributed by atoms with Gasteiger partial charge < -0.3 is 19.5 Å². The second-order valence-electron chi connectivity index (χ2n) is 9.32. The first-order valence-electron chi connectivity index (χ1n) is 11.9. The lowest BCUT2D eigenvalue weighted by molar-refractivity contribution is -0.130. The number of carbonyl (C=O) groups is 2. The van der Waals surface area contributed by atoms with Crippen LogP contribution in [0.5, 0.6) is 5.75 Å². The molecule has 3 aromatic rings. The van der Waals surface area contributed by atoms with Crippen molar-refractivity contribution >= 4 is 41.1 Å². The van der Waals surface area contributed by atoms with Crippen LogP contribution in [0.4, 0.5) is 0 Å². The molecule has 2 bridgehead atoms. The van der Waals surface area contributed by atoms with E-state index in [0.717, 1.165) is 12.1 Å². The highest BCUT2D eigenvalue weighted by atomic mass is 35.5. The Morgan fingerprint density at radius 3 is 2.59 bits per heavy atom. The van der Waals surface area contributed by atoms with Gasteiger partial charge in [-0.05, 0) is 60.4 Å². The number of benzene rings is 2. The van der Waals surface area contributed by atoms with Gasteiger partial charge in [-0.2, -0.15) is 0 Å². The van der Waals surface area contributed by atoms with Crippen molar-refractivity contribution in [3.8, 4) is 5.75 Å². The summed E-state index contributed by atoms with van der Waals surface area (Å²) in [5.41, 5.74) is 1.93. The van der Waals surface area contributed by atoms with E-state index in [9.17, 15) is 14.4 Å². The molecule has 0 spiro atoms. The molecule has 3 heterocycles. The number of nitrogens with one attached hydrogen (secondary N) is 1. The Morgan fingerprint density at radius 1 is 1.03 bits per heavy atom. The van der Waals surface area contributed by atoms with Crippen molar-refractivity contribution in [3.63, 3.8) is 0 Å². The van der Waals surface area contributed by atoms with Gasteiger partial charge in [0.1, 0.15) is 11.4 Å². The van der Waals surface area contributed by atoms with Gasteiger partial charge >= 0.3 is 0 Å². The van der Waals surface area contributed by atoms with Crippen molar-refractivity contribution in [1.29, 1.82) is 0 Å². The number of carbonyl (C=O) groups excluding carboxylic acids is 2. The molecule has 7 nitrogen and oxygen atoms in total. The zero-order valence-electron chi connectivity index (χ0n) is 20.1. The molecule has 2 aromatic carbocycles. The second kappa shape index (κ2) is 10.4. The Hall–Kier alpha value is -3.55. The zero-order chi connectivity index (χ0) is 26.1. The number of aromatic nitrogens is 1. The first-order chi connectivity index (χ1) is 17.8. The van der Waals surface area contributed by atoms with Gasteiger partial charge in [0.25, 0.3) is 17.4 Å². The van der Waals surface area contributed by atoms with Crippen LogP contribution in [-0.4, -0.2) is 41.5 Å². The van der Waals surface area contributed by atoms with Crippen molar-refractivity contribution < 1.29 is 14.3 Å². The molecule has 2 aliphatic heterocycles. The van der Waals surface area contributed by atoms with E-state index in [1.54, 1.807) is 65.6 Å². The maximum Gasteiger partial charge on any atom is 0.270 e. The molecule has 0 aliphatic carbocycles. The Morgan fingerprint density at radius 2 is 1.84 bits per heavy atom. The summed E-state index contributed by atoms with van der Waals surface area (Å²) in [6.07, 6.45) is 2.53. The van der Waals surface area contributed by atoms with Crippen LogP contribution >= 0.6 is 23.2 Å². The highest BCUT2D eigenvalue weighted by Gasteiger charge is 2.37. The maximum atomic E-state index is 13.8. The molecule has 37 heavy (non-hydrogen) atoms. The summed E-state index contributed by atoms with van der Waals surface area (Å²) < 4.78 is 6.98. The number of likely N-dealkylation sites (tertiary alicyclic amines) is 1. The number of amides is 2. The van der Waals surface area contributed by atoms with Crippen LogP contribution < -0.4 is 15.6 Å². The molecule has 190 valence electrons. The number of halogens is 2. The minimum atomic E-state index is -0.511. The Balaban J connectivity index is 1.45. The number of nitrogens with zero attached hydrogens (tertiary/aromatic N) is 2. The molecule has 1 fully saturated rings. The maximum absolute atomic E-state index is 13.8. The average molecular weight is 538 g/mol. The van der Waals surface area contributed by atoms with Gasteiger partial charge in [-0.1, -0.05) is 41.4 Å². The van der Waals surface area contributed by atoms with Crippen LogP contribution in [0.1, 0.15) is 34.0 Å². The van der Waals surface area contributed by atoms with Crippen LogP contribution in [-0.2, 0) is 11.3 Å². The van der Waals surface area contributed by atoms with E-state index in [4.69, 9.17) is 27.9 Å². The molecule has 1 aromatic heterocycles. The van der Waals surface area contributed by atoms with Gasteiger partial charge in [-0.15, -0.1) is 0 Å². The molecular weight excluding hydrogens is 513 g/mol. The van der Waals surface area contributed by atoms with Crippen molar-refractivity contribution in [2.45, 2.75) is 18.9 Å². The van der Waals surface area contributed by atoms with Gasteiger partial charge in [-0.3, -0.25) is 14.4 Å². The first-order valence-corrected chi connectivity index (χ1v) is 12.7. The lowest BCUT2D eigenvalue weighted by atomic mass is 9.83. The average Bonchev–Trinajstić information content (AvgIpc) is 2.88. The molecule has 5 rings (SSSR count). The molecule has 0 saturated carbocycles. The lowest BCUT2D eigenvalue weighted by Crippen LogP contribution is -2.50. The second-order valence-corrected chi connectivity index (χ2v) is 10.2. The van der Waals surface area contributed by atoms with E-state index in [-0.39, 0.29) is 39.6 Å². The number of methoxy groups -OCH3 is 1. The highest BCUT2D eigenvalue weighted by Crippen LogP contribution is 2.35. The normalized spacial score (nSPS) is 18.7. The standard InChI is InChI=1S/C28H25Cl2N3O4/c1-37-21-8-9-22(23(30)13-21)27(35)31-24(12-17-4-2-5-20(29)11-17)28(36)32-14-18-10-19(16-32)25-6-3-7-26(34)33(25)15-18/h2-9,11-13,18-19H,10,14-16H2,1H3,(H,31,35)/b24-12-/t18-,19+/m1/s1. The van der Waals surface area contributed by atoms with E-state index in [1.165, 1.54) is 7.11 Å². The third-order valence-corrected chi connectivity index (χ3v) is 7.37. The van der Waals surface area contributed by atoms with Crippen molar-refractivity contribution in [3.05, 3.63) is 104 Å². The summed E-state index contributed by atoms with van der Waals surface area (Å²) in [7, 11) is 1.51. The zero-order valence-corrected chi connectivity index (χ0v) is 21.6. The van der Waals surface area contributed by atoms with Crippen molar-refractivity contribution in [1.82, 2.24) is 14.8 Å². The molecule has 0 radical (unpaired) electrons. The predicted molar refractivity (Wildman–Crippen MR) is 143 cm³/mol. The van der Waals surface area contributed by atoms with E-state index in [0.29, 0.717) is 36.0 Å². The summed E-state index contributed by atoms with van der Waals surface area (Å²) in [4.78, 5) is 41.2. The minimum absolute atomic E-state index is 0.0165. The smallest absolute Gasteiger partial charge is 0.270 e. The summed E-state index contributed by atoms with van der Waals surface area (Å²) in [6, 6.07) is 17.0.